The molecule has 0 fully saturated rings. The molecular weight excluding hydrogens is 414 g/mol. The van der Waals surface area contributed by atoms with Crippen molar-refractivity contribution < 1.29 is 72.0 Å². The van der Waals surface area contributed by atoms with Crippen LogP contribution in [0.1, 0.15) is 0 Å². The van der Waals surface area contributed by atoms with Crippen LogP contribution in [0.3, 0.4) is 0 Å². The molecule has 0 N–H and O–H groups in total. The van der Waals surface area contributed by atoms with Crippen molar-refractivity contribution in [3.63, 3.8) is 0 Å². The monoisotopic (exact) mass is 415 g/mol. The van der Waals surface area contributed by atoms with Crippen LogP contribution in [0.15, 0.2) is 0 Å². The molecule has 75 valence electrons. The molecule has 0 spiro atoms. The Morgan fingerprint density at radius 3 is 0.500 bits per heavy atom. The summed E-state index contributed by atoms with van der Waals surface area (Å²) in [5.41, 5.74) is 0. The molecule has 0 saturated heterocycles. The molecule has 0 aromatic carbocycles. The van der Waals surface area contributed by atoms with E-state index in [0.29, 0.717) is 0 Å². The SMILES string of the molecule is [Cu+2].[Cu+2].[Cu+2].[O-][Te]([O-])([O-])([O-])([O-])[O-]. The van der Waals surface area contributed by atoms with Crippen molar-refractivity contribution >= 4 is 17.9 Å². The molecule has 0 bridgehead atoms. The van der Waals surface area contributed by atoms with E-state index < -0.39 is 17.9 Å². The molecular formula is Cu3O6Te. The average Bonchev–Trinajstić information content (AvgIpc) is 0.592. The number of rotatable bonds is 0. The fraction of sp³-hybridized carbons (Fsp3) is 0. The van der Waals surface area contributed by atoms with Gasteiger partial charge in [-0.1, -0.05) is 0 Å². The quantitative estimate of drug-likeness (QED) is 0.361. The van der Waals surface area contributed by atoms with Crippen LogP contribution < -0.4 is 20.8 Å². The van der Waals surface area contributed by atoms with Gasteiger partial charge in [-0.15, -0.1) is 0 Å². The van der Waals surface area contributed by atoms with E-state index >= 15 is 0 Å². The first-order valence-corrected chi connectivity index (χ1v) is 6.71. The standard InChI is InChI=1S/3Cu.H6O6Te/c;;;1-7(2,3,4,5)6/h;;;1-6H/q3*+2;/p-6. The van der Waals surface area contributed by atoms with E-state index in [1.54, 1.807) is 0 Å². The van der Waals surface area contributed by atoms with Crippen LogP contribution >= 0.6 is 0 Å². The fourth-order valence-corrected chi connectivity index (χ4v) is 0. The van der Waals surface area contributed by atoms with E-state index in [4.69, 9.17) is 20.8 Å². The Bertz CT molecular complexity index is 71.6. The van der Waals surface area contributed by atoms with Crippen molar-refractivity contribution in [3.8, 4) is 0 Å². The van der Waals surface area contributed by atoms with Crippen molar-refractivity contribution in [2.75, 3.05) is 0 Å². The molecule has 0 rings (SSSR count). The molecule has 0 aliphatic carbocycles. The van der Waals surface area contributed by atoms with Gasteiger partial charge in [0, 0.05) is 0 Å². The molecule has 0 unspecified atom stereocenters. The third-order valence-electron chi connectivity index (χ3n) is 0. The Balaban J connectivity index is -0.0000000600. The van der Waals surface area contributed by atoms with Gasteiger partial charge in [0.25, 0.3) is 0 Å². The molecule has 0 heterocycles. The first-order chi connectivity index (χ1) is 2.45. The summed E-state index contributed by atoms with van der Waals surface area (Å²) in [6, 6.07) is 0. The van der Waals surface area contributed by atoms with Gasteiger partial charge in [-0.3, -0.25) is 0 Å². The predicted molar refractivity (Wildman–Crippen MR) is 5.75 cm³/mol. The van der Waals surface area contributed by atoms with Crippen molar-refractivity contribution in [1.29, 1.82) is 0 Å². The van der Waals surface area contributed by atoms with Gasteiger partial charge in [0.1, 0.15) is 0 Å². The van der Waals surface area contributed by atoms with E-state index in [0.717, 1.165) is 0 Å². The Kier molecular flexibility index (Phi) is 8.81. The molecule has 0 atom stereocenters. The van der Waals surface area contributed by atoms with E-state index in [1.165, 1.54) is 0 Å². The van der Waals surface area contributed by atoms with Crippen LogP contribution in [0.25, 0.3) is 0 Å². The van der Waals surface area contributed by atoms with Crippen LogP contribution in [-0.4, -0.2) is 17.9 Å². The average molecular weight is 414 g/mol. The Hall–Kier alpha value is 2.11. The molecule has 10 heavy (non-hydrogen) atoms. The Morgan fingerprint density at radius 1 is 0.500 bits per heavy atom. The minimum atomic E-state index is -9.68. The van der Waals surface area contributed by atoms with Crippen molar-refractivity contribution in [2.45, 2.75) is 0 Å². The number of hydrogen-bond acceptors (Lipinski definition) is 6. The molecule has 0 aliphatic heterocycles. The predicted octanol–water partition coefficient (Wildman–Crippen LogP) is -7.52. The molecule has 10 heteroatoms. The van der Waals surface area contributed by atoms with Crippen molar-refractivity contribution in [1.82, 2.24) is 0 Å². The third kappa shape index (κ3) is 189. The number of hydrogen-bond donors (Lipinski definition) is 0. The summed E-state index contributed by atoms with van der Waals surface area (Å²) >= 11 is -9.68. The van der Waals surface area contributed by atoms with Gasteiger partial charge in [-0.2, -0.15) is 0 Å². The van der Waals surface area contributed by atoms with Crippen LogP contribution in [-0.2, 0) is 51.2 Å². The van der Waals surface area contributed by atoms with E-state index in [9.17, 15) is 0 Å². The summed E-state index contributed by atoms with van der Waals surface area (Å²) in [6.45, 7) is 0. The van der Waals surface area contributed by atoms with E-state index in [2.05, 4.69) is 0 Å². The third-order valence-corrected chi connectivity index (χ3v) is 0. The van der Waals surface area contributed by atoms with Crippen molar-refractivity contribution in [3.05, 3.63) is 0 Å². The maximum absolute atomic E-state index is 9.68. The maximum atomic E-state index is 8.67. The van der Waals surface area contributed by atoms with Crippen LogP contribution in [0, 0.1) is 0 Å². The second-order valence-corrected chi connectivity index (χ2v) is 6.85. The van der Waals surface area contributed by atoms with Crippen LogP contribution in [0.2, 0.25) is 0 Å². The molecule has 0 aromatic heterocycles. The topological polar surface area (TPSA) is 138 Å². The van der Waals surface area contributed by atoms with Gasteiger partial charge >= 0.3 is 89.9 Å². The van der Waals surface area contributed by atoms with Crippen LogP contribution in [0.5, 0.6) is 0 Å². The zero-order chi connectivity index (χ0) is 6.41. The normalized spacial score (nSPS) is 16.2. The fourth-order valence-electron chi connectivity index (χ4n) is 0. The van der Waals surface area contributed by atoms with Gasteiger partial charge in [0.2, 0.25) is 0 Å². The molecule has 0 aromatic rings. The summed E-state index contributed by atoms with van der Waals surface area (Å²) in [5.74, 6) is 0. The minimum absolute atomic E-state index is 0. The van der Waals surface area contributed by atoms with Crippen LogP contribution in [0.4, 0.5) is 0 Å². The summed E-state index contributed by atoms with van der Waals surface area (Å²) in [6.07, 6.45) is 0. The van der Waals surface area contributed by atoms with Gasteiger partial charge in [0.15, 0.2) is 0 Å². The molecule has 0 saturated carbocycles. The first kappa shape index (κ1) is 22.7. The zero-order valence-electron chi connectivity index (χ0n) is 3.76. The Labute approximate surface area is 89.1 Å². The van der Waals surface area contributed by atoms with Gasteiger partial charge in [0.05, 0.1) is 0 Å². The Morgan fingerprint density at radius 2 is 0.500 bits per heavy atom. The summed E-state index contributed by atoms with van der Waals surface area (Å²) < 4.78 is 52.0. The summed E-state index contributed by atoms with van der Waals surface area (Å²) in [4.78, 5) is 0. The first-order valence-electron chi connectivity index (χ1n) is 1.00. The van der Waals surface area contributed by atoms with Gasteiger partial charge in [-0.05, 0) is 0 Å². The molecule has 0 aliphatic rings. The summed E-state index contributed by atoms with van der Waals surface area (Å²) in [5, 5.41) is 0. The summed E-state index contributed by atoms with van der Waals surface area (Å²) in [7, 11) is 0. The second kappa shape index (κ2) is 3.88. The zero-order valence-corrected chi connectivity index (χ0v) is 8.92. The molecule has 0 amide bonds. The van der Waals surface area contributed by atoms with Crippen molar-refractivity contribution in [2.24, 2.45) is 0 Å². The molecule has 6 nitrogen and oxygen atoms in total. The van der Waals surface area contributed by atoms with Gasteiger partial charge < -0.3 is 0 Å². The van der Waals surface area contributed by atoms with Gasteiger partial charge in [-0.25, -0.2) is 0 Å². The molecule has 3 radical (unpaired) electrons. The van der Waals surface area contributed by atoms with E-state index in [-0.39, 0.29) is 51.2 Å². The van der Waals surface area contributed by atoms with E-state index in [1.807, 2.05) is 0 Å². The second-order valence-electron chi connectivity index (χ2n) is 1.02.